The van der Waals surface area contributed by atoms with Gasteiger partial charge in [0.1, 0.15) is 0 Å². The summed E-state index contributed by atoms with van der Waals surface area (Å²) in [5.74, 6) is 0. The van der Waals surface area contributed by atoms with E-state index in [2.05, 4.69) is 22.9 Å². The van der Waals surface area contributed by atoms with E-state index in [1.807, 2.05) is 18.3 Å². The maximum atomic E-state index is 6.27. The average Bonchev–Trinajstić information content (AvgIpc) is 2.27. The highest BCUT2D eigenvalue weighted by atomic mass is 15.1. The van der Waals surface area contributed by atoms with E-state index in [1.165, 1.54) is 19.3 Å². The third-order valence-corrected chi connectivity index (χ3v) is 3.45. The Hall–Kier alpha value is -0.930. The Kier molecular flexibility index (Phi) is 3.56. The van der Waals surface area contributed by atoms with Gasteiger partial charge in [-0.3, -0.25) is 9.88 Å². The summed E-state index contributed by atoms with van der Waals surface area (Å²) in [7, 11) is 0. The Balaban J connectivity index is 1.90. The fourth-order valence-corrected chi connectivity index (χ4v) is 2.23. The number of pyridine rings is 1. The molecule has 2 rings (SSSR count). The number of likely N-dealkylation sites (N-methyl/N-ethyl adjacent to an activating group) is 1. The first kappa shape index (κ1) is 11.6. The molecule has 0 spiro atoms. The first-order valence-corrected chi connectivity index (χ1v) is 6.13. The summed E-state index contributed by atoms with van der Waals surface area (Å²) in [6, 6.07) is 6.07. The van der Waals surface area contributed by atoms with E-state index >= 15 is 0 Å². The molecule has 0 unspecified atom stereocenters. The van der Waals surface area contributed by atoms with Gasteiger partial charge in [0.05, 0.1) is 5.69 Å². The molecular formula is C13H21N3. The van der Waals surface area contributed by atoms with Crippen LogP contribution in [-0.2, 0) is 6.54 Å². The Morgan fingerprint density at radius 2 is 2.25 bits per heavy atom. The molecule has 1 aliphatic carbocycles. The molecule has 0 radical (unpaired) electrons. The van der Waals surface area contributed by atoms with Gasteiger partial charge >= 0.3 is 0 Å². The fourth-order valence-electron chi connectivity index (χ4n) is 2.23. The molecule has 16 heavy (non-hydrogen) atoms. The normalized spacial score (nSPS) is 18.4. The molecule has 2 N–H and O–H groups in total. The van der Waals surface area contributed by atoms with Crippen LogP contribution in [0.15, 0.2) is 24.4 Å². The van der Waals surface area contributed by atoms with Gasteiger partial charge in [0.2, 0.25) is 0 Å². The SMILES string of the molecule is CCN(Cc1ccccn1)CC1(N)CCC1. The van der Waals surface area contributed by atoms with Crippen molar-refractivity contribution in [2.45, 2.75) is 38.3 Å². The summed E-state index contributed by atoms with van der Waals surface area (Å²) in [6.07, 6.45) is 5.49. The monoisotopic (exact) mass is 219 g/mol. The van der Waals surface area contributed by atoms with Crippen LogP contribution in [0.1, 0.15) is 31.9 Å². The molecule has 0 aromatic carbocycles. The minimum absolute atomic E-state index is 0.0742. The number of nitrogens with zero attached hydrogens (tertiary/aromatic N) is 2. The molecule has 1 heterocycles. The lowest BCUT2D eigenvalue weighted by Gasteiger charge is -2.41. The highest BCUT2D eigenvalue weighted by molar-refractivity contribution is 5.04. The predicted molar refractivity (Wildman–Crippen MR) is 66.0 cm³/mol. The largest absolute Gasteiger partial charge is 0.324 e. The predicted octanol–water partition coefficient (Wildman–Crippen LogP) is 1.78. The second kappa shape index (κ2) is 4.93. The van der Waals surface area contributed by atoms with Gasteiger partial charge in [-0.1, -0.05) is 13.0 Å². The molecule has 1 fully saturated rings. The molecule has 1 saturated carbocycles. The summed E-state index contributed by atoms with van der Waals surface area (Å²) in [6.45, 7) is 5.14. The van der Waals surface area contributed by atoms with E-state index in [0.717, 1.165) is 25.3 Å². The topological polar surface area (TPSA) is 42.2 Å². The quantitative estimate of drug-likeness (QED) is 0.821. The summed E-state index contributed by atoms with van der Waals surface area (Å²) in [5, 5.41) is 0. The van der Waals surface area contributed by atoms with Crippen LogP contribution < -0.4 is 5.73 Å². The molecule has 88 valence electrons. The highest BCUT2D eigenvalue weighted by Gasteiger charge is 2.33. The molecular weight excluding hydrogens is 198 g/mol. The molecule has 1 aromatic rings. The van der Waals surface area contributed by atoms with Crippen molar-refractivity contribution < 1.29 is 0 Å². The van der Waals surface area contributed by atoms with Crippen LogP contribution in [0.4, 0.5) is 0 Å². The molecule has 3 heteroatoms. The van der Waals surface area contributed by atoms with E-state index < -0.39 is 0 Å². The standard InChI is InChI=1S/C13H21N3/c1-2-16(11-13(14)7-5-8-13)10-12-6-3-4-9-15-12/h3-4,6,9H,2,5,7-8,10-11,14H2,1H3. The second-order valence-corrected chi connectivity index (χ2v) is 4.84. The molecule has 0 bridgehead atoms. The summed E-state index contributed by atoms with van der Waals surface area (Å²) in [5.41, 5.74) is 7.48. The van der Waals surface area contributed by atoms with Crippen molar-refractivity contribution in [3.63, 3.8) is 0 Å². The van der Waals surface area contributed by atoms with E-state index in [4.69, 9.17) is 5.73 Å². The minimum atomic E-state index is 0.0742. The first-order chi connectivity index (χ1) is 7.72. The number of aromatic nitrogens is 1. The summed E-state index contributed by atoms with van der Waals surface area (Å²) < 4.78 is 0. The average molecular weight is 219 g/mol. The van der Waals surface area contributed by atoms with Crippen molar-refractivity contribution in [3.8, 4) is 0 Å². The van der Waals surface area contributed by atoms with E-state index in [1.54, 1.807) is 0 Å². The Morgan fingerprint density at radius 3 is 2.75 bits per heavy atom. The van der Waals surface area contributed by atoms with Crippen molar-refractivity contribution >= 4 is 0 Å². The summed E-state index contributed by atoms with van der Waals surface area (Å²) in [4.78, 5) is 6.75. The molecule has 0 atom stereocenters. The number of rotatable bonds is 5. The highest BCUT2D eigenvalue weighted by Crippen LogP contribution is 2.30. The molecule has 3 nitrogen and oxygen atoms in total. The molecule has 1 aromatic heterocycles. The van der Waals surface area contributed by atoms with E-state index in [-0.39, 0.29) is 5.54 Å². The lowest BCUT2D eigenvalue weighted by Crippen LogP contribution is -2.54. The van der Waals surface area contributed by atoms with Crippen LogP contribution in [-0.4, -0.2) is 28.5 Å². The van der Waals surface area contributed by atoms with Gasteiger partial charge in [-0.15, -0.1) is 0 Å². The van der Waals surface area contributed by atoms with E-state index in [9.17, 15) is 0 Å². The first-order valence-electron chi connectivity index (χ1n) is 6.13. The van der Waals surface area contributed by atoms with Gasteiger partial charge in [0.25, 0.3) is 0 Å². The van der Waals surface area contributed by atoms with Crippen molar-refractivity contribution in [1.82, 2.24) is 9.88 Å². The molecule has 0 aliphatic heterocycles. The van der Waals surface area contributed by atoms with Crippen LogP contribution in [0.3, 0.4) is 0 Å². The van der Waals surface area contributed by atoms with Crippen molar-refractivity contribution in [1.29, 1.82) is 0 Å². The van der Waals surface area contributed by atoms with Gasteiger partial charge in [0.15, 0.2) is 0 Å². The molecule has 1 aliphatic rings. The molecule has 0 saturated heterocycles. The second-order valence-electron chi connectivity index (χ2n) is 4.84. The lowest BCUT2D eigenvalue weighted by atomic mass is 9.77. The third-order valence-electron chi connectivity index (χ3n) is 3.45. The van der Waals surface area contributed by atoms with Gasteiger partial charge < -0.3 is 5.73 Å². The zero-order chi connectivity index (χ0) is 11.4. The van der Waals surface area contributed by atoms with E-state index in [0.29, 0.717) is 0 Å². The number of hydrogen-bond donors (Lipinski definition) is 1. The van der Waals surface area contributed by atoms with Crippen LogP contribution in [0, 0.1) is 0 Å². The van der Waals surface area contributed by atoms with Crippen LogP contribution in [0.5, 0.6) is 0 Å². The van der Waals surface area contributed by atoms with Crippen molar-refractivity contribution in [2.75, 3.05) is 13.1 Å². The van der Waals surface area contributed by atoms with Gasteiger partial charge in [0, 0.05) is 24.8 Å². The zero-order valence-corrected chi connectivity index (χ0v) is 10.0. The van der Waals surface area contributed by atoms with Crippen LogP contribution in [0.2, 0.25) is 0 Å². The smallest absolute Gasteiger partial charge is 0.0543 e. The van der Waals surface area contributed by atoms with Crippen molar-refractivity contribution in [2.24, 2.45) is 5.73 Å². The molecule has 0 amide bonds. The van der Waals surface area contributed by atoms with Gasteiger partial charge in [-0.25, -0.2) is 0 Å². The number of nitrogens with two attached hydrogens (primary N) is 1. The Morgan fingerprint density at radius 1 is 1.44 bits per heavy atom. The maximum Gasteiger partial charge on any atom is 0.0543 e. The fraction of sp³-hybridized carbons (Fsp3) is 0.615. The number of hydrogen-bond acceptors (Lipinski definition) is 3. The van der Waals surface area contributed by atoms with Crippen LogP contribution >= 0.6 is 0 Å². The Labute approximate surface area is 97.7 Å². The van der Waals surface area contributed by atoms with Gasteiger partial charge in [-0.2, -0.15) is 0 Å². The van der Waals surface area contributed by atoms with Crippen LogP contribution in [0.25, 0.3) is 0 Å². The maximum absolute atomic E-state index is 6.27. The lowest BCUT2D eigenvalue weighted by molar-refractivity contribution is 0.143. The Bertz CT molecular complexity index is 319. The minimum Gasteiger partial charge on any atom is -0.324 e. The third kappa shape index (κ3) is 2.80. The van der Waals surface area contributed by atoms with Gasteiger partial charge in [-0.05, 0) is 37.9 Å². The zero-order valence-electron chi connectivity index (χ0n) is 10.0. The van der Waals surface area contributed by atoms with Crippen molar-refractivity contribution in [3.05, 3.63) is 30.1 Å². The summed E-state index contributed by atoms with van der Waals surface area (Å²) >= 11 is 0.